The number of carbonyl (C=O) groups excluding carboxylic acids is 2. The molecule has 1 fully saturated rings. The fraction of sp³-hybridized carbons (Fsp3) is 0.556. The van der Waals surface area contributed by atoms with Crippen molar-refractivity contribution in [2.45, 2.75) is 40.0 Å². The largest absolute Gasteiger partial charge is 0.355 e. The van der Waals surface area contributed by atoms with Crippen LogP contribution in [0.25, 0.3) is 0 Å². The van der Waals surface area contributed by atoms with Crippen molar-refractivity contribution in [2.24, 2.45) is 11.8 Å². The molecule has 1 N–H and O–H groups in total. The summed E-state index contributed by atoms with van der Waals surface area (Å²) in [5.41, 5.74) is 2.14. The van der Waals surface area contributed by atoms with E-state index in [1.807, 2.05) is 24.3 Å². The molecule has 0 radical (unpaired) electrons. The Labute approximate surface area is 132 Å². The summed E-state index contributed by atoms with van der Waals surface area (Å²) in [4.78, 5) is 26.3. The predicted octanol–water partition coefficient (Wildman–Crippen LogP) is 2.76. The van der Waals surface area contributed by atoms with Gasteiger partial charge in [0.1, 0.15) is 5.92 Å². The Bertz CT molecular complexity index is 522. The molecule has 22 heavy (non-hydrogen) atoms. The number of amides is 2. The van der Waals surface area contributed by atoms with E-state index in [4.69, 9.17) is 0 Å². The standard InChI is InChI=1S/C18H26N2O2/c1-4-14-5-7-15(8-6-14)20-12-10-16(18(20)22)17(21)19-11-9-13(2)3/h5-8,13,16H,4,9-12H2,1-3H3,(H,19,21)/t16-/m1/s1. The van der Waals surface area contributed by atoms with Gasteiger partial charge in [0, 0.05) is 18.8 Å². The molecule has 1 heterocycles. The van der Waals surface area contributed by atoms with Crippen molar-refractivity contribution in [1.29, 1.82) is 0 Å². The van der Waals surface area contributed by atoms with Crippen LogP contribution in [0.15, 0.2) is 24.3 Å². The second-order valence-electron chi connectivity index (χ2n) is 6.32. The normalized spacial score (nSPS) is 18.1. The van der Waals surface area contributed by atoms with Crippen LogP contribution in [-0.4, -0.2) is 24.9 Å². The average molecular weight is 302 g/mol. The van der Waals surface area contributed by atoms with Crippen molar-refractivity contribution in [3.8, 4) is 0 Å². The highest BCUT2D eigenvalue weighted by atomic mass is 16.2. The van der Waals surface area contributed by atoms with Crippen molar-refractivity contribution < 1.29 is 9.59 Å². The van der Waals surface area contributed by atoms with E-state index >= 15 is 0 Å². The fourth-order valence-electron chi connectivity index (χ4n) is 2.70. The van der Waals surface area contributed by atoms with Crippen LogP contribution < -0.4 is 10.2 Å². The van der Waals surface area contributed by atoms with Crippen LogP contribution >= 0.6 is 0 Å². The number of hydrogen-bond acceptors (Lipinski definition) is 2. The smallest absolute Gasteiger partial charge is 0.239 e. The molecule has 0 unspecified atom stereocenters. The Hall–Kier alpha value is -1.84. The van der Waals surface area contributed by atoms with Crippen molar-refractivity contribution in [2.75, 3.05) is 18.0 Å². The third-order valence-corrected chi connectivity index (χ3v) is 4.20. The Morgan fingerprint density at radius 3 is 2.59 bits per heavy atom. The van der Waals surface area contributed by atoms with E-state index in [1.54, 1.807) is 4.90 Å². The number of nitrogens with one attached hydrogen (secondary N) is 1. The lowest BCUT2D eigenvalue weighted by molar-refractivity contribution is -0.132. The van der Waals surface area contributed by atoms with Gasteiger partial charge < -0.3 is 10.2 Å². The minimum Gasteiger partial charge on any atom is -0.355 e. The van der Waals surface area contributed by atoms with Gasteiger partial charge in [-0.05, 0) is 42.9 Å². The van der Waals surface area contributed by atoms with Crippen LogP contribution in [-0.2, 0) is 16.0 Å². The Morgan fingerprint density at radius 2 is 2.00 bits per heavy atom. The molecular formula is C18H26N2O2. The second-order valence-corrected chi connectivity index (χ2v) is 6.32. The molecule has 1 aromatic carbocycles. The summed E-state index contributed by atoms with van der Waals surface area (Å²) in [5.74, 6) is -0.184. The summed E-state index contributed by atoms with van der Waals surface area (Å²) in [7, 11) is 0. The molecule has 1 saturated heterocycles. The monoisotopic (exact) mass is 302 g/mol. The molecule has 0 saturated carbocycles. The molecule has 0 aromatic heterocycles. The van der Waals surface area contributed by atoms with E-state index < -0.39 is 5.92 Å². The molecule has 4 heteroatoms. The number of rotatable bonds is 6. The van der Waals surface area contributed by atoms with Crippen molar-refractivity contribution in [1.82, 2.24) is 5.32 Å². The molecule has 2 amide bonds. The highest BCUT2D eigenvalue weighted by Crippen LogP contribution is 2.25. The van der Waals surface area contributed by atoms with E-state index in [1.165, 1.54) is 5.56 Å². The minimum absolute atomic E-state index is 0.0775. The van der Waals surface area contributed by atoms with Crippen molar-refractivity contribution in [3.05, 3.63) is 29.8 Å². The molecule has 0 aliphatic carbocycles. The molecule has 1 aliphatic heterocycles. The summed E-state index contributed by atoms with van der Waals surface area (Å²) in [6, 6.07) is 8.02. The number of hydrogen-bond donors (Lipinski definition) is 1. The zero-order chi connectivity index (χ0) is 16.1. The lowest BCUT2D eigenvalue weighted by Gasteiger charge is -2.17. The first kappa shape index (κ1) is 16.5. The summed E-state index contributed by atoms with van der Waals surface area (Å²) in [5, 5.41) is 2.89. The topological polar surface area (TPSA) is 49.4 Å². The second kappa shape index (κ2) is 7.43. The third-order valence-electron chi connectivity index (χ3n) is 4.20. The van der Waals surface area contributed by atoms with Gasteiger partial charge in [-0.15, -0.1) is 0 Å². The van der Waals surface area contributed by atoms with Crippen molar-refractivity contribution in [3.63, 3.8) is 0 Å². The summed E-state index contributed by atoms with van der Waals surface area (Å²) < 4.78 is 0. The first-order valence-electron chi connectivity index (χ1n) is 8.21. The molecule has 4 nitrogen and oxygen atoms in total. The van der Waals surface area contributed by atoms with Gasteiger partial charge in [0.25, 0.3) is 0 Å². The quantitative estimate of drug-likeness (QED) is 0.822. The SMILES string of the molecule is CCc1ccc(N2CC[C@H](C(=O)NCCC(C)C)C2=O)cc1. The molecule has 1 atom stereocenters. The highest BCUT2D eigenvalue weighted by molar-refractivity contribution is 6.09. The first-order valence-corrected chi connectivity index (χ1v) is 8.21. The Morgan fingerprint density at radius 1 is 1.32 bits per heavy atom. The van der Waals surface area contributed by atoms with E-state index in [2.05, 4.69) is 26.1 Å². The number of carbonyl (C=O) groups is 2. The highest BCUT2D eigenvalue weighted by Gasteiger charge is 2.37. The summed E-state index contributed by atoms with van der Waals surface area (Å²) >= 11 is 0. The summed E-state index contributed by atoms with van der Waals surface area (Å²) in [6.07, 6.45) is 2.52. The lowest BCUT2D eigenvalue weighted by atomic mass is 10.1. The molecule has 1 aromatic rings. The van der Waals surface area contributed by atoms with Crippen molar-refractivity contribution >= 4 is 17.5 Å². The zero-order valence-electron chi connectivity index (χ0n) is 13.8. The van der Waals surface area contributed by atoms with Crippen LogP contribution in [0.2, 0.25) is 0 Å². The molecule has 2 rings (SSSR count). The van der Waals surface area contributed by atoms with Gasteiger partial charge >= 0.3 is 0 Å². The molecule has 1 aliphatic rings. The number of nitrogens with zero attached hydrogens (tertiary/aromatic N) is 1. The third kappa shape index (κ3) is 3.87. The van der Waals surface area contributed by atoms with Gasteiger partial charge in [-0.2, -0.15) is 0 Å². The van der Waals surface area contributed by atoms with Crippen LogP contribution in [0, 0.1) is 11.8 Å². The number of aryl methyl sites for hydroxylation is 1. The first-order chi connectivity index (χ1) is 10.5. The van der Waals surface area contributed by atoms with Gasteiger partial charge in [0.2, 0.25) is 11.8 Å². The van der Waals surface area contributed by atoms with Gasteiger partial charge in [-0.25, -0.2) is 0 Å². The van der Waals surface area contributed by atoms with Gasteiger partial charge in [0.15, 0.2) is 0 Å². The maximum atomic E-state index is 12.5. The van der Waals surface area contributed by atoms with Gasteiger partial charge in [-0.1, -0.05) is 32.9 Å². The fourth-order valence-corrected chi connectivity index (χ4v) is 2.70. The van der Waals surface area contributed by atoms with Crippen LogP contribution in [0.3, 0.4) is 0 Å². The van der Waals surface area contributed by atoms with E-state index in [0.29, 0.717) is 25.4 Å². The van der Waals surface area contributed by atoms with E-state index in [-0.39, 0.29) is 11.8 Å². The molecule has 0 bridgehead atoms. The number of benzene rings is 1. The average Bonchev–Trinajstić information content (AvgIpc) is 2.88. The van der Waals surface area contributed by atoms with Gasteiger partial charge in [0.05, 0.1) is 0 Å². The number of anilines is 1. The Kier molecular flexibility index (Phi) is 5.58. The maximum Gasteiger partial charge on any atom is 0.239 e. The molecule has 120 valence electrons. The lowest BCUT2D eigenvalue weighted by Crippen LogP contribution is -2.37. The molecular weight excluding hydrogens is 276 g/mol. The van der Waals surface area contributed by atoms with Crippen LogP contribution in [0.4, 0.5) is 5.69 Å². The van der Waals surface area contributed by atoms with Crippen LogP contribution in [0.5, 0.6) is 0 Å². The summed E-state index contributed by atoms with van der Waals surface area (Å²) in [6.45, 7) is 7.61. The zero-order valence-corrected chi connectivity index (χ0v) is 13.8. The Balaban J connectivity index is 1.95. The predicted molar refractivity (Wildman–Crippen MR) is 88.7 cm³/mol. The van der Waals surface area contributed by atoms with E-state index in [0.717, 1.165) is 18.5 Å². The minimum atomic E-state index is -0.530. The molecule has 0 spiro atoms. The van der Waals surface area contributed by atoms with E-state index in [9.17, 15) is 9.59 Å². The van der Waals surface area contributed by atoms with Crippen LogP contribution in [0.1, 0.15) is 39.2 Å². The van der Waals surface area contributed by atoms with Gasteiger partial charge in [-0.3, -0.25) is 9.59 Å². The maximum absolute atomic E-state index is 12.5.